The van der Waals surface area contributed by atoms with E-state index in [0.29, 0.717) is 41.0 Å². The maximum Gasteiger partial charge on any atom is 0.253 e. The van der Waals surface area contributed by atoms with Gasteiger partial charge in [0.25, 0.3) is 5.91 Å². The fourth-order valence-corrected chi connectivity index (χ4v) is 4.73. The molecular formula is C25H27N9O. The van der Waals surface area contributed by atoms with E-state index in [0.717, 1.165) is 37.4 Å². The molecule has 0 saturated carbocycles. The van der Waals surface area contributed by atoms with Crippen LogP contribution in [0.2, 0.25) is 0 Å². The molecule has 5 heterocycles. The Morgan fingerprint density at radius 1 is 1.00 bits per heavy atom. The molecule has 0 atom stereocenters. The maximum absolute atomic E-state index is 11.8. The fourth-order valence-electron chi connectivity index (χ4n) is 4.73. The van der Waals surface area contributed by atoms with Crippen LogP contribution in [0.15, 0.2) is 49.1 Å². The van der Waals surface area contributed by atoms with Crippen LogP contribution in [-0.2, 0) is 6.54 Å². The van der Waals surface area contributed by atoms with Crippen LogP contribution in [-0.4, -0.2) is 67.6 Å². The van der Waals surface area contributed by atoms with E-state index in [1.165, 1.54) is 12.0 Å². The van der Waals surface area contributed by atoms with Crippen molar-refractivity contribution >= 4 is 28.7 Å². The summed E-state index contributed by atoms with van der Waals surface area (Å²) in [5, 5.41) is 10.6. The third-order valence-electron chi connectivity index (χ3n) is 6.78. The number of hydrogen-bond donors (Lipinski definition) is 2. The molecule has 2 aliphatic heterocycles. The SMILES string of the molecule is CC(C)N1CCN(c2ccc(Nc3ncc(-c4cc5c(cn4)C(=O)NC5)n4ncnc34)cc2)CC1. The van der Waals surface area contributed by atoms with Crippen LogP contribution < -0.4 is 15.5 Å². The summed E-state index contributed by atoms with van der Waals surface area (Å²) >= 11 is 0. The number of aromatic nitrogens is 5. The molecule has 0 spiro atoms. The molecule has 1 aromatic carbocycles. The maximum atomic E-state index is 11.8. The van der Waals surface area contributed by atoms with Crippen LogP contribution in [0.5, 0.6) is 0 Å². The van der Waals surface area contributed by atoms with Crippen LogP contribution >= 0.6 is 0 Å². The van der Waals surface area contributed by atoms with Crippen LogP contribution in [0.4, 0.5) is 17.2 Å². The molecule has 2 aliphatic rings. The molecule has 4 aromatic rings. The van der Waals surface area contributed by atoms with Crippen molar-refractivity contribution in [2.45, 2.75) is 26.4 Å². The molecule has 10 heteroatoms. The smallest absolute Gasteiger partial charge is 0.253 e. The highest BCUT2D eigenvalue weighted by Crippen LogP contribution is 2.27. The van der Waals surface area contributed by atoms with Crippen molar-refractivity contribution in [1.82, 2.24) is 34.8 Å². The van der Waals surface area contributed by atoms with E-state index >= 15 is 0 Å². The number of amides is 1. The third-order valence-corrected chi connectivity index (χ3v) is 6.78. The minimum Gasteiger partial charge on any atom is -0.369 e. The van der Waals surface area contributed by atoms with Gasteiger partial charge in [0.1, 0.15) is 12.0 Å². The highest BCUT2D eigenvalue weighted by atomic mass is 16.1. The van der Waals surface area contributed by atoms with E-state index in [1.807, 2.05) is 6.07 Å². The van der Waals surface area contributed by atoms with Gasteiger partial charge in [-0.1, -0.05) is 0 Å². The number of piperazine rings is 1. The first-order valence-electron chi connectivity index (χ1n) is 11.9. The van der Waals surface area contributed by atoms with Crippen molar-refractivity contribution in [2.24, 2.45) is 0 Å². The van der Waals surface area contributed by atoms with Crippen molar-refractivity contribution in [3.8, 4) is 11.4 Å². The standard InChI is InChI=1S/C25H27N9O/c1-16(2)32-7-9-33(10-8-32)19-5-3-18(4-6-19)31-23-24-29-15-30-34(24)22(14-27-23)21-11-17-12-28-25(35)20(17)13-26-21/h3-6,11,13-16H,7-10,12H2,1-2H3,(H,27,31)(H,28,35). The summed E-state index contributed by atoms with van der Waals surface area (Å²) in [6.45, 7) is 9.26. The highest BCUT2D eigenvalue weighted by molar-refractivity contribution is 5.98. The number of nitrogens with one attached hydrogen (secondary N) is 2. The van der Waals surface area contributed by atoms with E-state index in [1.54, 1.807) is 16.9 Å². The van der Waals surface area contributed by atoms with Crippen LogP contribution in [0.1, 0.15) is 29.8 Å². The van der Waals surface area contributed by atoms with Gasteiger partial charge in [-0.05, 0) is 49.7 Å². The lowest BCUT2D eigenvalue weighted by molar-refractivity contribution is 0.0965. The second kappa shape index (κ2) is 8.62. The van der Waals surface area contributed by atoms with E-state index in [-0.39, 0.29) is 5.91 Å². The Morgan fingerprint density at radius 3 is 2.57 bits per heavy atom. The van der Waals surface area contributed by atoms with Crippen molar-refractivity contribution in [2.75, 3.05) is 36.4 Å². The number of benzene rings is 1. The van der Waals surface area contributed by atoms with Crippen molar-refractivity contribution < 1.29 is 4.79 Å². The van der Waals surface area contributed by atoms with Gasteiger partial charge >= 0.3 is 0 Å². The Hall–Kier alpha value is -4.05. The van der Waals surface area contributed by atoms with E-state index in [9.17, 15) is 4.79 Å². The van der Waals surface area contributed by atoms with Crippen LogP contribution in [0.3, 0.4) is 0 Å². The van der Waals surface area contributed by atoms with Gasteiger partial charge in [-0.15, -0.1) is 0 Å². The highest BCUT2D eigenvalue weighted by Gasteiger charge is 2.22. The summed E-state index contributed by atoms with van der Waals surface area (Å²) in [5.74, 6) is 0.522. The zero-order valence-electron chi connectivity index (χ0n) is 19.8. The summed E-state index contributed by atoms with van der Waals surface area (Å²) < 4.78 is 1.72. The van der Waals surface area contributed by atoms with Crippen molar-refractivity contribution in [1.29, 1.82) is 0 Å². The largest absolute Gasteiger partial charge is 0.369 e. The van der Waals surface area contributed by atoms with Crippen molar-refractivity contribution in [3.63, 3.8) is 0 Å². The molecule has 2 N–H and O–H groups in total. The fraction of sp³-hybridized carbons (Fsp3) is 0.320. The second-order valence-electron chi connectivity index (χ2n) is 9.19. The zero-order valence-corrected chi connectivity index (χ0v) is 19.8. The third kappa shape index (κ3) is 3.95. The average Bonchev–Trinajstić information content (AvgIpc) is 3.52. The quantitative estimate of drug-likeness (QED) is 0.460. The molecule has 1 saturated heterocycles. The number of pyridine rings is 1. The van der Waals surface area contributed by atoms with Crippen LogP contribution in [0, 0.1) is 0 Å². The molecule has 35 heavy (non-hydrogen) atoms. The minimum atomic E-state index is -0.0912. The van der Waals surface area contributed by atoms with Crippen LogP contribution in [0.25, 0.3) is 17.0 Å². The van der Waals surface area contributed by atoms with E-state index in [2.05, 4.69) is 78.6 Å². The molecule has 0 aliphatic carbocycles. The van der Waals surface area contributed by atoms with Gasteiger partial charge in [0.05, 0.1) is 17.5 Å². The predicted octanol–water partition coefficient (Wildman–Crippen LogP) is 2.70. The zero-order chi connectivity index (χ0) is 23.9. The topological polar surface area (TPSA) is 104 Å². The Bertz CT molecular complexity index is 1390. The first-order chi connectivity index (χ1) is 17.1. The molecule has 10 nitrogen and oxygen atoms in total. The van der Waals surface area contributed by atoms with Gasteiger partial charge < -0.3 is 15.5 Å². The summed E-state index contributed by atoms with van der Waals surface area (Å²) in [6, 6.07) is 10.9. The molecule has 1 fully saturated rings. The molecule has 0 unspecified atom stereocenters. The van der Waals surface area contributed by atoms with Gasteiger partial charge in [0, 0.05) is 56.3 Å². The van der Waals surface area contributed by atoms with E-state index in [4.69, 9.17) is 0 Å². The number of nitrogens with zero attached hydrogens (tertiary/aromatic N) is 7. The monoisotopic (exact) mass is 469 g/mol. The average molecular weight is 470 g/mol. The molecule has 178 valence electrons. The predicted molar refractivity (Wildman–Crippen MR) is 134 cm³/mol. The molecule has 6 rings (SSSR count). The van der Waals surface area contributed by atoms with E-state index < -0.39 is 0 Å². The summed E-state index contributed by atoms with van der Waals surface area (Å²) in [4.78, 5) is 30.3. The summed E-state index contributed by atoms with van der Waals surface area (Å²) in [6.07, 6.45) is 4.84. The van der Waals surface area contributed by atoms with Gasteiger partial charge in [-0.25, -0.2) is 14.5 Å². The molecule has 0 bridgehead atoms. The Morgan fingerprint density at radius 2 is 1.80 bits per heavy atom. The minimum absolute atomic E-state index is 0.0912. The Labute approximate surface area is 203 Å². The molecular weight excluding hydrogens is 442 g/mol. The lowest BCUT2D eigenvalue weighted by Gasteiger charge is -2.38. The second-order valence-corrected chi connectivity index (χ2v) is 9.19. The number of hydrogen-bond acceptors (Lipinski definition) is 8. The number of carbonyl (C=O) groups excluding carboxylic acids is 1. The molecule has 1 amide bonds. The lowest BCUT2D eigenvalue weighted by Crippen LogP contribution is -2.48. The lowest BCUT2D eigenvalue weighted by atomic mass is 10.1. The van der Waals surface area contributed by atoms with Crippen molar-refractivity contribution in [3.05, 3.63) is 60.2 Å². The first kappa shape index (κ1) is 21.5. The van der Waals surface area contributed by atoms with Gasteiger partial charge in [-0.2, -0.15) is 5.10 Å². The number of rotatable bonds is 5. The number of fused-ring (bicyclic) bond motifs is 2. The summed E-state index contributed by atoms with van der Waals surface area (Å²) in [7, 11) is 0. The molecule has 0 radical (unpaired) electrons. The molecule has 3 aromatic heterocycles. The van der Waals surface area contributed by atoms with Gasteiger partial charge in [-0.3, -0.25) is 14.7 Å². The number of anilines is 3. The normalized spacial score (nSPS) is 16.1. The first-order valence-corrected chi connectivity index (χ1v) is 11.9. The number of carbonyl (C=O) groups is 1. The summed E-state index contributed by atoms with van der Waals surface area (Å²) in [5.41, 5.74) is 5.69. The van der Waals surface area contributed by atoms with Gasteiger partial charge in [0.15, 0.2) is 11.5 Å². The Kier molecular flexibility index (Phi) is 5.29. The Balaban J connectivity index is 1.22. The van der Waals surface area contributed by atoms with Gasteiger partial charge in [0.2, 0.25) is 0 Å².